The average Bonchev–Trinajstić information content (AvgIpc) is 3.01. The summed E-state index contributed by atoms with van der Waals surface area (Å²) in [4.78, 5) is 16.4. The smallest absolute Gasteiger partial charge is 0.338 e. The lowest BCUT2D eigenvalue weighted by atomic mass is 10.1. The van der Waals surface area contributed by atoms with Crippen LogP contribution < -0.4 is 0 Å². The van der Waals surface area contributed by atoms with E-state index in [0.717, 1.165) is 22.3 Å². The van der Waals surface area contributed by atoms with Crippen LogP contribution in [-0.2, 0) is 11.3 Å². The molecule has 0 atom stereocenters. The molecule has 0 saturated heterocycles. The molecule has 0 aliphatic carbocycles. The molecule has 3 rings (SSSR count). The van der Waals surface area contributed by atoms with E-state index in [9.17, 15) is 4.79 Å². The second-order valence-corrected chi connectivity index (χ2v) is 5.83. The minimum atomic E-state index is -0.406. The number of nitrogens with zero attached hydrogens (tertiary/aromatic N) is 2. The predicted molar refractivity (Wildman–Crippen MR) is 89.5 cm³/mol. The normalized spacial score (nSPS) is 10.6. The Bertz CT molecular complexity index is 846. The second-order valence-electron chi connectivity index (χ2n) is 5.83. The molecule has 5 nitrogen and oxygen atoms in total. The van der Waals surface area contributed by atoms with Gasteiger partial charge >= 0.3 is 5.97 Å². The Morgan fingerprint density at radius 1 is 1.00 bits per heavy atom. The van der Waals surface area contributed by atoms with E-state index in [1.807, 2.05) is 51.1 Å². The molecule has 5 heteroatoms. The Balaban J connectivity index is 1.67. The summed E-state index contributed by atoms with van der Waals surface area (Å²) >= 11 is 0. The molecule has 0 amide bonds. The van der Waals surface area contributed by atoms with Gasteiger partial charge in [-0.3, -0.25) is 0 Å². The van der Waals surface area contributed by atoms with Crippen molar-refractivity contribution >= 4 is 5.97 Å². The molecular weight excluding hydrogens is 304 g/mol. The van der Waals surface area contributed by atoms with E-state index in [1.54, 1.807) is 12.1 Å². The summed E-state index contributed by atoms with van der Waals surface area (Å²) in [5, 5.41) is 3.92. The van der Waals surface area contributed by atoms with Crippen LogP contribution >= 0.6 is 0 Å². The minimum Gasteiger partial charge on any atom is -0.452 e. The van der Waals surface area contributed by atoms with Gasteiger partial charge in [-0.05, 0) is 32.9 Å². The van der Waals surface area contributed by atoms with Gasteiger partial charge in [-0.1, -0.05) is 52.2 Å². The van der Waals surface area contributed by atoms with Gasteiger partial charge in [0, 0.05) is 5.56 Å². The van der Waals surface area contributed by atoms with Crippen molar-refractivity contribution in [3.63, 3.8) is 0 Å². The highest BCUT2D eigenvalue weighted by molar-refractivity contribution is 5.89. The summed E-state index contributed by atoms with van der Waals surface area (Å²) in [5.41, 5.74) is 4.56. The van der Waals surface area contributed by atoms with Crippen molar-refractivity contribution in [1.29, 1.82) is 0 Å². The Morgan fingerprint density at radius 3 is 2.33 bits per heavy atom. The van der Waals surface area contributed by atoms with E-state index in [1.165, 1.54) is 0 Å². The van der Waals surface area contributed by atoms with E-state index in [0.29, 0.717) is 11.4 Å². The summed E-state index contributed by atoms with van der Waals surface area (Å²) in [7, 11) is 0. The molecular formula is C19H18N2O3. The first-order valence-corrected chi connectivity index (χ1v) is 7.66. The Morgan fingerprint density at radius 2 is 1.67 bits per heavy atom. The summed E-state index contributed by atoms with van der Waals surface area (Å²) in [6.07, 6.45) is 0. The van der Waals surface area contributed by atoms with Crippen LogP contribution in [-0.4, -0.2) is 16.1 Å². The lowest BCUT2D eigenvalue weighted by Crippen LogP contribution is -2.06. The van der Waals surface area contributed by atoms with Crippen molar-refractivity contribution in [2.75, 3.05) is 0 Å². The number of carbonyl (C=O) groups excluding carboxylic acids is 1. The number of esters is 1. The molecule has 24 heavy (non-hydrogen) atoms. The van der Waals surface area contributed by atoms with Gasteiger partial charge in [0.05, 0.1) is 5.56 Å². The fraction of sp³-hybridized carbons (Fsp3) is 0.211. The molecule has 1 aromatic heterocycles. The molecule has 0 bridgehead atoms. The summed E-state index contributed by atoms with van der Waals surface area (Å²) in [6.45, 7) is 5.84. The molecule has 0 radical (unpaired) electrons. The standard InChI is InChI=1S/C19H18N2O3/c1-12-4-6-15(7-5-12)18-20-17(24-21-18)11-23-19(22)16-9-13(2)8-14(3)10-16/h4-10H,11H2,1-3H3. The molecule has 0 aliphatic rings. The molecule has 0 saturated carbocycles. The highest BCUT2D eigenvalue weighted by atomic mass is 16.6. The van der Waals surface area contributed by atoms with Crippen molar-refractivity contribution in [3.8, 4) is 11.4 Å². The van der Waals surface area contributed by atoms with Gasteiger partial charge in [-0.15, -0.1) is 0 Å². The lowest BCUT2D eigenvalue weighted by molar-refractivity contribution is 0.0429. The number of aryl methyl sites for hydroxylation is 3. The molecule has 3 aromatic rings. The number of carbonyl (C=O) groups is 1. The maximum absolute atomic E-state index is 12.1. The molecule has 0 unspecified atom stereocenters. The summed E-state index contributed by atoms with van der Waals surface area (Å²) in [5.74, 6) is 0.340. The van der Waals surface area contributed by atoms with Crippen LogP contribution in [0.25, 0.3) is 11.4 Å². The number of benzene rings is 2. The fourth-order valence-electron chi connectivity index (χ4n) is 2.44. The summed E-state index contributed by atoms with van der Waals surface area (Å²) < 4.78 is 10.4. The SMILES string of the molecule is Cc1ccc(-c2noc(COC(=O)c3cc(C)cc(C)c3)n2)cc1. The Kier molecular flexibility index (Phi) is 4.42. The van der Waals surface area contributed by atoms with E-state index in [2.05, 4.69) is 10.1 Å². The van der Waals surface area contributed by atoms with E-state index < -0.39 is 5.97 Å². The number of rotatable bonds is 4. The highest BCUT2D eigenvalue weighted by Crippen LogP contribution is 2.17. The average molecular weight is 322 g/mol. The van der Waals surface area contributed by atoms with Crippen LogP contribution in [0.15, 0.2) is 47.0 Å². The maximum Gasteiger partial charge on any atom is 0.338 e. The second kappa shape index (κ2) is 6.66. The minimum absolute atomic E-state index is 0.0509. The van der Waals surface area contributed by atoms with Crippen molar-refractivity contribution in [2.24, 2.45) is 0 Å². The maximum atomic E-state index is 12.1. The van der Waals surface area contributed by atoms with Crippen LogP contribution in [0.1, 0.15) is 32.9 Å². The molecule has 0 fully saturated rings. The first-order chi connectivity index (χ1) is 11.5. The zero-order valence-corrected chi connectivity index (χ0v) is 13.9. The van der Waals surface area contributed by atoms with Gasteiger partial charge in [0.1, 0.15) is 0 Å². The number of hydrogen-bond donors (Lipinski definition) is 0. The summed E-state index contributed by atoms with van der Waals surface area (Å²) in [6, 6.07) is 13.4. The van der Waals surface area contributed by atoms with Crippen LogP contribution in [0.2, 0.25) is 0 Å². The van der Waals surface area contributed by atoms with Gasteiger partial charge in [0.2, 0.25) is 5.82 Å². The Hall–Kier alpha value is -2.95. The topological polar surface area (TPSA) is 65.2 Å². The van der Waals surface area contributed by atoms with E-state index in [4.69, 9.17) is 9.26 Å². The highest BCUT2D eigenvalue weighted by Gasteiger charge is 2.13. The van der Waals surface area contributed by atoms with Crippen LogP contribution in [0.4, 0.5) is 0 Å². The van der Waals surface area contributed by atoms with Crippen LogP contribution in [0.3, 0.4) is 0 Å². The fourth-order valence-corrected chi connectivity index (χ4v) is 2.44. The third kappa shape index (κ3) is 3.68. The number of hydrogen-bond acceptors (Lipinski definition) is 5. The van der Waals surface area contributed by atoms with Crippen molar-refractivity contribution in [1.82, 2.24) is 10.1 Å². The first kappa shape index (κ1) is 15.9. The molecule has 1 heterocycles. The Labute approximate surface area is 140 Å². The molecule has 0 aliphatic heterocycles. The monoisotopic (exact) mass is 322 g/mol. The molecule has 0 spiro atoms. The van der Waals surface area contributed by atoms with Crippen molar-refractivity contribution < 1.29 is 14.1 Å². The van der Waals surface area contributed by atoms with Crippen molar-refractivity contribution in [3.05, 3.63) is 70.6 Å². The van der Waals surface area contributed by atoms with Gasteiger partial charge in [-0.25, -0.2) is 4.79 Å². The number of aromatic nitrogens is 2. The molecule has 2 aromatic carbocycles. The van der Waals surface area contributed by atoms with Gasteiger partial charge in [0.25, 0.3) is 5.89 Å². The van der Waals surface area contributed by atoms with Gasteiger partial charge < -0.3 is 9.26 Å². The third-order valence-electron chi connectivity index (χ3n) is 3.56. The third-order valence-corrected chi connectivity index (χ3v) is 3.56. The molecule has 122 valence electrons. The predicted octanol–water partition coefficient (Wildman–Crippen LogP) is 4.02. The first-order valence-electron chi connectivity index (χ1n) is 7.66. The lowest BCUT2D eigenvalue weighted by Gasteiger charge is -2.04. The van der Waals surface area contributed by atoms with Crippen molar-refractivity contribution in [2.45, 2.75) is 27.4 Å². The zero-order valence-electron chi connectivity index (χ0n) is 13.9. The van der Waals surface area contributed by atoms with E-state index >= 15 is 0 Å². The van der Waals surface area contributed by atoms with Gasteiger partial charge in [-0.2, -0.15) is 4.98 Å². The quantitative estimate of drug-likeness (QED) is 0.679. The van der Waals surface area contributed by atoms with E-state index in [-0.39, 0.29) is 12.5 Å². The van der Waals surface area contributed by atoms with Gasteiger partial charge in [0.15, 0.2) is 6.61 Å². The number of ether oxygens (including phenoxy) is 1. The molecule has 0 N–H and O–H groups in total. The van der Waals surface area contributed by atoms with Crippen LogP contribution in [0, 0.1) is 20.8 Å². The largest absolute Gasteiger partial charge is 0.452 e. The van der Waals surface area contributed by atoms with Crippen LogP contribution in [0.5, 0.6) is 0 Å². The zero-order chi connectivity index (χ0) is 17.1.